The highest BCUT2D eigenvalue weighted by molar-refractivity contribution is 7.10. The number of nitrogens with zero attached hydrogens (tertiary/aromatic N) is 2. The molecule has 1 atom stereocenters. The molecule has 0 radical (unpaired) electrons. The highest BCUT2D eigenvalue weighted by Crippen LogP contribution is 2.33. The van der Waals surface area contributed by atoms with Gasteiger partial charge in [-0.1, -0.05) is 42.5 Å². The van der Waals surface area contributed by atoms with Crippen LogP contribution in [0.2, 0.25) is 0 Å². The molecule has 3 heterocycles. The third kappa shape index (κ3) is 4.80. The Labute approximate surface area is 192 Å². The van der Waals surface area contributed by atoms with Crippen LogP contribution in [-0.4, -0.2) is 55.2 Å². The summed E-state index contributed by atoms with van der Waals surface area (Å²) in [6.07, 6.45) is 0. The molecule has 1 saturated heterocycles. The van der Waals surface area contributed by atoms with Gasteiger partial charge in [-0.05, 0) is 34.7 Å². The molecule has 0 unspecified atom stereocenters. The van der Waals surface area contributed by atoms with Crippen molar-refractivity contribution in [2.45, 2.75) is 12.6 Å². The van der Waals surface area contributed by atoms with Crippen molar-refractivity contribution in [2.24, 2.45) is 0 Å². The molecule has 1 amide bonds. The topological polar surface area (TPSA) is 54.0 Å². The van der Waals surface area contributed by atoms with Crippen molar-refractivity contribution >= 4 is 17.2 Å². The summed E-state index contributed by atoms with van der Waals surface area (Å²) in [4.78, 5) is 18.5. The molecule has 0 aliphatic carbocycles. The SMILES string of the molecule is O=C(CN[C@H](c1ccccc1)c1cccs1)N1CCN(Cc2ccc3c(c2)OCO3)CC1. The molecule has 0 spiro atoms. The molecular weight excluding hydrogens is 422 g/mol. The third-order valence-corrected chi connectivity index (χ3v) is 6.92. The lowest BCUT2D eigenvalue weighted by Gasteiger charge is -2.35. The maximum Gasteiger partial charge on any atom is 0.236 e. The summed E-state index contributed by atoms with van der Waals surface area (Å²) in [6.45, 7) is 4.72. The highest BCUT2D eigenvalue weighted by atomic mass is 32.1. The largest absolute Gasteiger partial charge is 0.454 e. The maximum atomic E-state index is 12.9. The Kier molecular flexibility index (Phi) is 6.39. The van der Waals surface area contributed by atoms with Gasteiger partial charge < -0.3 is 14.4 Å². The van der Waals surface area contributed by atoms with Gasteiger partial charge in [0.2, 0.25) is 12.7 Å². The Hall–Kier alpha value is -2.87. The predicted molar refractivity (Wildman–Crippen MR) is 125 cm³/mol. The van der Waals surface area contributed by atoms with E-state index in [0.717, 1.165) is 44.2 Å². The molecular formula is C25H27N3O3S. The van der Waals surface area contributed by atoms with Gasteiger partial charge in [0.25, 0.3) is 0 Å². The van der Waals surface area contributed by atoms with Crippen LogP contribution in [-0.2, 0) is 11.3 Å². The first kappa shape index (κ1) is 21.0. The molecule has 2 aromatic carbocycles. The standard InChI is InChI=1S/C25H27N3O3S/c29-24(16-26-25(23-7-4-14-32-23)20-5-2-1-3-6-20)28-12-10-27(11-13-28)17-19-8-9-21-22(15-19)31-18-30-21/h1-9,14-15,25-26H,10-13,16-18H2/t25-/m1/s1. The number of hydrogen-bond acceptors (Lipinski definition) is 6. The molecule has 7 heteroatoms. The molecule has 1 aromatic heterocycles. The first-order valence-electron chi connectivity index (χ1n) is 11.0. The normalized spacial score (nSPS) is 16.8. The van der Waals surface area contributed by atoms with Crippen molar-refractivity contribution < 1.29 is 14.3 Å². The lowest BCUT2D eigenvalue weighted by atomic mass is 10.1. The summed E-state index contributed by atoms with van der Waals surface area (Å²) in [5, 5.41) is 5.57. The molecule has 3 aromatic rings. The van der Waals surface area contributed by atoms with Gasteiger partial charge in [-0.2, -0.15) is 0 Å². The fourth-order valence-electron chi connectivity index (χ4n) is 4.24. The number of piperazine rings is 1. The molecule has 32 heavy (non-hydrogen) atoms. The van der Waals surface area contributed by atoms with Crippen LogP contribution in [0.5, 0.6) is 11.5 Å². The number of benzene rings is 2. The van der Waals surface area contributed by atoms with Crippen LogP contribution in [0.25, 0.3) is 0 Å². The Bertz CT molecular complexity index is 1030. The molecule has 1 fully saturated rings. The molecule has 166 valence electrons. The number of hydrogen-bond donors (Lipinski definition) is 1. The number of amides is 1. The number of carbonyl (C=O) groups excluding carboxylic acids is 1. The van der Waals surface area contributed by atoms with Crippen LogP contribution in [0.15, 0.2) is 66.0 Å². The summed E-state index contributed by atoms with van der Waals surface area (Å²) in [5.74, 6) is 1.79. The fraction of sp³-hybridized carbons (Fsp3) is 0.320. The van der Waals surface area contributed by atoms with Gasteiger partial charge in [0, 0.05) is 37.6 Å². The summed E-state index contributed by atoms with van der Waals surface area (Å²) in [5.41, 5.74) is 2.38. The van der Waals surface area contributed by atoms with E-state index in [9.17, 15) is 4.79 Å². The Morgan fingerprint density at radius 2 is 1.78 bits per heavy atom. The van der Waals surface area contributed by atoms with Crippen LogP contribution >= 0.6 is 11.3 Å². The zero-order valence-corrected chi connectivity index (χ0v) is 18.7. The third-order valence-electron chi connectivity index (χ3n) is 5.99. The molecule has 2 aliphatic heterocycles. The Morgan fingerprint density at radius 1 is 0.969 bits per heavy atom. The van der Waals surface area contributed by atoms with Crippen LogP contribution in [0.4, 0.5) is 0 Å². The van der Waals surface area contributed by atoms with Gasteiger partial charge in [0.1, 0.15) is 0 Å². The Morgan fingerprint density at radius 3 is 2.56 bits per heavy atom. The van der Waals surface area contributed by atoms with Gasteiger partial charge >= 0.3 is 0 Å². The minimum atomic E-state index is 0.0347. The molecule has 0 saturated carbocycles. The van der Waals surface area contributed by atoms with E-state index < -0.39 is 0 Å². The maximum absolute atomic E-state index is 12.9. The average Bonchev–Trinajstić information content (AvgIpc) is 3.52. The Balaban J connectivity index is 1.13. The van der Waals surface area contributed by atoms with Gasteiger partial charge in [-0.3, -0.25) is 15.0 Å². The van der Waals surface area contributed by atoms with E-state index >= 15 is 0 Å². The van der Waals surface area contributed by atoms with E-state index in [1.165, 1.54) is 16.0 Å². The van der Waals surface area contributed by atoms with Gasteiger partial charge in [0.15, 0.2) is 11.5 Å². The first-order valence-corrected chi connectivity index (χ1v) is 11.8. The second-order valence-electron chi connectivity index (χ2n) is 8.08. The minimum Gasteiger partial charge on any atom is -0.454 e. The van der Waals surface area contributed by atoms with Crippen LogP contribution in [0.1, 0.15) is 22.0 Å². The molecule has 6 nitrogen and oxygen atoms in total. The van der Waals surface area contributed by atoms with E-state index in [2.05, 4.69) is 52.0 Å². The number of rotatable bonds is 7. The van der Waals surface area contributed by atoms with Crippen molar-refractivity contribution in [3.63, 3.8) is 0 Å². The van der Waals surface area contributed by atoms with E-state index in [4.69, 9.17) is 9.47 Å². The molecule has 1 N–H and O–H groups in total. The minimum absolute atomic E-state index is 0.0347. The second-order valence-corrected chi connectivity index (χ2v) is 9.06. The van der Waals surface area contributed by atoms with Gasteiger partial charge in [-0.25, -0.2) is 0 Å². The monoisotopic (exact) mass is 449 g/mol. The smallest absolute Gasteiger partial charge is 0.236 e. The summed E-state index contributed by atoms with van der Waals surface area (Å²) >= 11 is 1.71. The average molecular weight is 450 g/mol. The predicted octanol–water partition coefficient (Wildman–Crippen LogP) is 3.50. The first-order chi connectivity index (χ1) is 15.8. The summed E-state index contributed by atoms with van der Waals surface area (Å²) < 4.78 is 10.9. The summed E-state index contributed by atoms with van der Waals surface area (Å²) in [7, 11) is 0. The lowest BCUT2D eigenvalue weighted by Crippen LogP contribution is -2.50. The van der Waals surface area contributed by atoms with E-state index in [0.29, 0.717) is 13.3 Å². The highest BCUT2D eigenvalue weighted by Gasteiger charge is 2.23. The lowest BCUT2D eigenvalue weighted by molar-refractivity contribution is -0.132. The quantitative estimate of drug-likeness (QED) is 0.598. The fourth-order valence-corrected chi connectivity index (χ4v) is 5.06. The van der Waals surface area contributed by atoms with Crippen molar-refractivity contribution in [2.75, 3.05) is 39.5 Å². The molecule has 5 rings (SSSR count). The number of fused-ring (bicyclic) bond motifs is 1. The van der Waals surface area contributed by atoms with Gasteiger partial charge in [0.05, 0.1) is 12.6 Å². The van der Waals surface area contributed by atoms with Crippen LogP contribution in [0.3, 0.4) is 0 Å². The number of thiophene rings is 1. The van der Waals surface area contributed by atoms with Crippen LogP contribution < -0.4 is 14.8 Å². The van der Waals surface area contributed by atoms with E-state index in [1.54, 1.807) is 11.3 Å². The van der Waals surface area contributed by atoms with E-state index in [-0.39, 0.29) is 11.9 Å². The second kappa shape index (κ2) is 9.73. The molecule has 2 aliphatic rings. The zero-order valence-electron chi connectivity index (χ0n) is 17.9. The van der Waals surface area contributed by atoms with Crippen molar-refractivity contribution in [3.8, 4) is 11.5 Å². The summed E-state index contributed by atoms with van der Waals surface area (Å²) in [6, 6.07) is 20.6. The van der Waals surface area contributed by atoms with Crippen molar-refractivity contribution in [1.82, 2.24) is 15.1 Å². The van der Waals surface area contributed by atoms with Gasteiger partial charge in [-0.15, -0.1) is 11.3 Å². The zero-order chi connectivity index (χ0) is 21.8. The number of ether oxygens (including phenoxy) is 2. The van der Waals surface area contributed by atoms with Crippen molar-refractivity contribution in [3.05, 3.63) is 82.0 Å². The number of carbonyl (C=O) groups is 1. The van der Waals surface area contributed by atoms with E-state index in [1.807, 2.05) is 29.2 Å². The van der Waals surface area contributed by atoms with Crippen LogP contribution in [0, 0.1) is 0 Å². The molecule has 0 bridgehead atoms. The number of nitrogens with one attached hydrogen (secondary N) is 1. The van der Waals surface area contributed by atoms with Crippen molar-refractivity contribution in [1.29, 1.82) is 0 Å².